The number of aliphatic hydroxyl groups excluding tert-OH is 1. The lowest BCUT2D eigenvalue weighted by Gasteiger charge is -2.36. The van der Waals surface area contributed by atoms with Crippen LogP contribution in [0.3, 0.4) is 0 Å². The Bertz CT molecular complexity index is 1010. The average Bonchev–Trinajstić information content (AvgIpc) is 2.73. The Morgan fingerprint density at radius 3 is 2.50 bits per heavy atom. The van der Waals surface area contributed by atoms with E-state index in [1.807, 2.05) is 17.9 Å². The van der Waals surface area contributed by atoms with Gasteiger partial charge in [-0.2, -0.15) is 0 Å². The van der Waals surface area contributed by atoms with Gasteiger partial charge >= 0.3 is 6.09 Å². The van der Waals surface area contributed by atoms with E-state index >= 15 is 0 Å². The first-order valence-corrected chi connectivity index (χ1v) is 10.7. The van der Waals surface area contributed by atoms with Gasteiger partial charge in [-0.05, 0) is 52.8 Å². The van der Waals surface area contributed by atoms with Crippen LogP contribution in [0.25, 0.3) is 10.9 Å². The molecule has 2 aromatic rings. The van der Waals surface area contributed by atoms with E-state index in [2.05, 4.69) is 5.32 Å². The normalized spacial score (nSPS) is 15.6. The Balaban J connectivity index is 1.96. The minimum Gasteiger partial charge on any atom is -0.444 e. The summed E-state index contributed by atoms with van der Waals surface area (Å²) in [5.74, 6) is -0.0120. The summed E-state index contributed by atoms with van der Waals surface area (Å²) in [6, 6.07) is 4.58. The van der Waals surface area contributed by atoms with Gasteiger partial charge in [-0.3, -0.25) is 4.79 Å². The van der Waals surface area contributed by atoms with E-state index in [1.54, 1.807) is 38.7 Å². The summed E-state index contributed by atoms with van der Waals surface area (Å²) in [5.41, 5.74) is 1.16. The molecule has 1 aromatic heterocycles. The van der Waals surface area contributed by atoms with Gasteiger partial charge in [-0.25, -0.2) is 14.2 Å². The Morgan fingerprint density at radius 1 is 1.25 bits per heavy atom. The molecule has 1 fully saturated rings. The summed E-state index contributed by atoms with van der Waals surface area (Å²) in [4.78, 5) is 32.6. The number of alkyl carbamates (subject to hydrolysis) is 1. The number of carbonyl (C=O) groups excluding carboxylic acids is 2. The number of ether oxygens (including phenoxy) is 1. The molecule has 32 heavy (non-hydrogen) atoms. The molecule has 9 heteroatoms. The van der Waals surface area contributed by atoms with Crippen LogP contribution in [0.2, 0.25) is 0 Å². The molecule has 2 heterocycles. The van der Waals surface area contributed by atoms with Crippen molar-refractivity contribution >= 4 is 28.7 Å². The predicted molar refractivity (Wildman–Crippen MR) is 120 cm³/mol. The van der Waals surface area contributed by atoms with Crippen molar-refractivity contribution in [2.45, 2.75) is 46.3 Å². The minimum absolute atomic E-state index is 0.311. The maximum atomic E-state index is 14.2. The van der Waals surface area contributed by atoms with Crippen LogP contribution in [0, 0.1) is 12.7 Å². The van der Waals surface area contributed by atoms with E-state index in [4.69, 9.17) is 14.8 Å². The van der Waals surface area contributed by atoms with Crippen LogP contribution in [0.15, 0.2) is 18.2 Å². The smallest absolute Gasteiger partial charge is 0.408 e. The number of aliphatic hydroxyl groups is 1. The number of aromatic nitrogens is 1. The van der Waals surface area contributed by atoms with Crippen molar-refractivity contribution in [1.29, 1.82) is 0 Å². The summed E-state index contributed by atoms with van der Waals surface area (Å²) in [7, 11) is 0. The fraction of sp³-hybridized carbons (Fsp3) is 0.522. The second-order valence-corrected chi connectivity index (χ2v) is 9.04. The molecule has 1 atom stereocenters. The zero-order chi connectivity index (χ0) is 23.6. The highest BCUT2D eigenvalue weighted by molar-refractivity contribution is 5.85. The van der Waals surface area contributed by atoms with Crippen LogP contribution >= 0.6 is 0 Å². The van der Waals surface area contributed by atoms with Crippen molar-refractivity contribution < 1.29 is 23.8 Å². The standard InChI is InChI=1S/C23H31FN4O4/c1-14-18(24)7-6-16-12-17(15(2)25-22(31)32-23(3,4)5)21(26-20(14)16)28-10-8-27(9-11-28)19(30)13-29/h6-7,12,15,29H,8-11,13H2,1-5H3,(H,25,31)/t15-/m0/s1. The molecule has 0 radical (unpaired) electrons. The molecule has 1 aliphatic heterocycles. The minimum atomic E-state index is -0.627. The lowest BCUT2D eigenvalue weighted by molar-refractivity contribution is -0.134. The first-order valence-electron chi connectivity index (χ1n) is 10.7. The molecule has 3 rings (SSSR count). The van der Waals surface area contributed by atoms with Crippen molar-refractivity contribution in [1.82, 2.24) is 15.2 Å². The first-order chi connectivity index (χ1) is 15.0. The number of hydrogen-bond acceptors (Lipinski definition) is 6. The van der Waals surface area contributed by atoms with Crippen molar-refractivity contribution in [3.05, 3.63) is 35.1 Å². The van der Waals surface area contributed by atoms with Gasteiger partial charge in [-0.15, -0.1) is 0 Å². The van der Waals surface area contributed by atoms with Crippen molar-refractivity contribution in [2.24, 2.45) is 0 Å². The number of rotatable bonds is 4. The van der Waals surface area contributed by atoms with Crippen molar-refractivity contribution in [2.75, 3.05) is 37.7 Å². The average molecular weight is 447 g/mol. The number of pyridine rings is 1. The number of anilines is 1. The Kier molecular flexibility index (Phi) is 6.88. The van der Waals surface area contributed by atoms with Gasteiger partial charge in [0.25, 0.3) is 0 Å². The molecule has 2 N–H and O–H groups in total. The van der Waals surface area contributed by atoms with Crippen LogP contribution in [0.4, 0.5) is 15.0 Å². The van der Waals surface area contributed by atoms with Gasteiger partial charge in [0.2, 0.25) is 5.91 Å². The molecular formula is C23H31FN4O4. The molecule has 0 bridgehead atoms. The van der Waals surface area contributed by atoms with Crippen LogP contribution in [0.1, 0.15) is 44.9 Å². The maximum absolute atomic E-state index is 14.2. The second-order valence-electron chi connectivity index (χ2n) is 9.04. The van der Waals surface area contributed by atoms with Gasteiger partial charge in [0.15, 0.2) is 0 Å². The molecular weight excluding hydrogens is 415 g/mol. The number of nitrogens with zero attached hydrogens (tertiary/aromatic N) is 3. The van der Waals surface area contributed by atoms with E-state index in [9.17, 15) is 14.0 Å². The fourth-order valence-corrected chi connectivity index (χ4v) is 3.77. The van der Waals surface area contributed by atoms with Gasteiger partial charge < -0.3 is 25.0 Å². The number of amides is 2. The monoisotopic (exact) mass is 446 g/mol. The van der Waals surface area contributed by atoms with Crippen LogP contribution in [-0.4, -0.2) is 65.4 Å². The van der Waals surface area contributed by atoms with Gasteiger partial charge in [-0.1, -0.05) is 0 Å². The molecule has 0 saturated carbocycles. The third-order valence-electron chi connectivity index (χ3n) is 5.45. The zero-order valence-electron chi connectivity index (χ0n) is 19.2. The number of halogens is 1. The summed E-state index contributed by atoms with van der Waals surface area (Å²) in [6.45, 7) is 10.3. The van der Waals surface area contributed by atoms with E-state index in [0.717, 1.165) is 10.9 Å². The molecule has 174 valence electrons. The van der Waals surface area contributed by atoms with E-state index in [0.29, 0.717) is 43.1 Å². The van der Waals surface area contributed by atoms with E-state index in [1.165, 1.54) is 6.07 Å². The molecule has 1 saturated heterocycles. The molecule has 1 aromatic carbocycles. The lowest BCUT2D eigenvalue weighted by atomic mass is 10.0. The van der Waals surface area contributed by atoms with Crippen molar-refractivity contribution in [3.8, 4) is 0 Å². The van der Waals surface area contributed by atoms with E-state index < -0.39 is 24.3 Å². The van der Waals surface area contributed by atoms with Crippen LogP contribution in [0.5, 0.6) is 0 Å². The first kappa shape index (κ1) is 23.7. The molecule has 0 aliphatic carbocycles. The van der Waals surface area contributed by atoms with Gasteiger partial charge in [0.05, 0.1) is 11.6 Å². The van der Waals surface area contributed by atoms with Gasteiger partial charge in [0, 0.05) is 42.7 Å². The van der Waals surface area contributed by atoms with E-state index in [-0.39, 0.29) is 11.7 Å². The maximum Gasteiger partial charge on any atom is 0.408 e. The topological polar surface area (TPSA) is 95.0 Å². The summed E-state index contributed by atoms with van der Waals surface area (Å²) in [5, 5.41) is 12.8. The highest BCUT2D eigenvalue weighted by Crippen LogP contribution is 2.31. The third-order valence-corrected chi connectivity index (χ3v) is 5.45. The SMILES string of the molecule is Cc1c(F)ccc2cc([C@H](C)NC(=O)OC(C)(C)C)c(N3CCN(C(=O)CO)CC3)nc12. The largest absolute Gasteiger partial charge is 0.444 e. The molecule has 8 nitrogen and oxygen atoms in total. The Hall–Kier alpha value is -2.94. The molecule has 1 aliphatic rings. The molecule has 2 amide bonds. The molecule has 0 unspecified atom stereocenters. The number of benzene rings is 1. The quantitative estimate of drug-likeness (QED) is 0.750. The number of aryl methyl sites for hydroxylation is 1. The fourth-order valence-electron chi connectivity index (χ4n) is 3.77. The van der Waals surface area contributed by atoms with Crippen LogP contribution < -0.4 is 10.2 Å². The van der Waals surface area contributed by atoms with Crippen molar-refractivity contribution in [3.63, 3.8) is 0 Å². The summed E-state index contributed by atoms with van der Waals surface area (Å²) in [6.07, 6.45) is -0.537. The van der Waals surface area contributed by atoms with Crippen LogP contribution in [-0.2, 0) is 9.53 Å². The summed E-state index contributed by atoms with van der Waals surface area (Å²) < 4.78 is 19.6. The number of nitrogens with one attached hydrogen (secondary N) is 1. The predicted octanol–water partition coefficient (Wildman–Crippen LogP) is 2.91. The third kappa shape index (κ3) is 5.27. The Morgan fingerprint density at radius 2 is 1.91 bits per heavy atom. The lowest BCUT2D eigenvalue weighted by Crippen LogP contribution is -2.50. The number of fused-ring (bicyclic) bond motifs is 1. The number of carbonyl (C=O) groups is 2. The summed E-state index contributed by atoms with van der Waals surface area (Å²) >= 11 is 0. The second kappa shape index (κ2) is 9.28. The number of hydrogen-bond donors (Lipinski definition) is 2. The molecule has 0 spiro atoms. The highest BCUT2D eigenvalue weighted by atomic mass is 19.1. The Labute approximate surface area is 187 Å². The zero-order valence-corrected chi connectivity index (χ0v) is 19.2. The highest BCUT2D eigenvalue weighted by Gasteiger charge is 2.27. The van der Waals surface area contributed by atoms with Gasteiger partial charge in [0.1, 0.15) is 23.8 Å². The number of piperazine rings is 1.